The van der Waals surface area contributed by atoms with Crippen molar-refractivity contribution in [3.05, 3.63) is 34.9 Å². The summed E-state index contributed by atoms with van der Waals surface area (Å²) >= 11 is 0. The highest BCUT2D eigenvalue weighted by molar-refractivity contribution is 5.99. The molecule has 2 heterocycles. The van der Waals surface area contributed by atoms with E-state index in [9.17, 15) is 4.79 Å². The topological polar surface area (TPSA) is 48.0 Å². The van der Waals surface area contributed by atoms with Gasteiger partial charge in [-0.3, -0.25) is 4.79 Å². The van der Waals surface area contributed by atoms with Crippen LogP contribution >= 0.6 is 0 Å². The lowest BCUT2D eigenvalue weighted by Gasteiger charge is -2.54. The van der Waals surface area contributed by atoms with Gasteiger partial charge in [-0.1, -0.05) is 6.08 Å². The van der Waals surface area contributed by atoms with Crippen molar-refractivity contribution in [3.8, 4) is 11.5 Å². The number of carbonyl (C=O) groups excluding carboxylic acids is 1. The number of piperidine rings is 1. The van der Waals surface area contributed by atoms with Crippen LogP contribution in [0.25, 0.3) is 0 Å². The van der Waals surface area contributed by atoms with Crippen molar-refractivity contribution in [2.45, 2.75) is 43.7 Å². The van der Waals surface area contributed by atoms with Gasteiger partial charge < -0.3 is 19.1 Å². The predicted molar refractivity (Wildman–Crippen MR) is 94.4 cm³/mol. The van der Waals surface area contributed by atoms with Gasteiger partial charge in [-0.05, 0) is 42.5 Å². The van der Waals surface area contributed by atoms with Crippen molar-refractivity contribution in [2.75, 3.05) is 27.9 Å². The molecule has 5 heteroatoms. The maximum atomic E-state index is 13.3. The molecule has 25 heavy (non-hydrogen) atoms. The molecule has 1 aromatic rings. The van der Waals surface area contributed by atoms with Crippen molar-refractivity contribution in [2.24, 2.45) is 0 Å². The second-order valence-electron chi connectivity index (χ2n) is 7.16. The number of methoxy groups -OCH3 is 3. The van der Waals surface area contributed by atoms with E-state index in [-0.39, 0.29) is 17.6 Å². The van der Waals surface area contributed by atoms with E-state index >= 15 is 0 Å². The molecule has 5 nitrogen and oxygen atoms in total. The van der Waals surface area contributed by atoms with Crippen LogP contribution in [-0.2, 0) is 11.2 Å². The summed E-state index contributed by atoms with van der Waals surface area (Å²) < 4.78 is 16.5. The molecule has 1 aliphatic carbocycles. The molecule has 0 radical (unpaired) electrons. The highest BCUT2D eigenvalue weighted by Gasteiger charge is 2.51. The quantitative estimate of drug-likeness (QED) is 0.792. The zero-order valence-corrected chi connectivity index (χ0v) is 15.1. The molecule has 1 aromatic carbocycles. The monoisotopic (exact) mass is 343 g/mol. The molecular weight excluding hydrogens is 318 g/mol. The van der Waals surface area contributed by atoms with E-state index < -0.39 is 0 Å². The summed E-state index contributed by atoms with van der Waals surface area (Å²) in [4.78, 5) is 15.4. The second-order valence-corrected chi connectivity index (χ2v) is 7.16. The Morgan fingerprint density at radius 1 is 1.16 bits per heavy atom. The fourth-order valence-corrected chi connectivity index (χ4v) is 4.80. The van der Waals surface area contributed by atoms with Crippen LogP contribution < -0.4 is 9.47 Å². The molecule has 4 rings (SSSR count). The third kappa shape index (κ3) is 2.36. The van der Waals surface area contributed by atoms with Gasteiger partial charge >= 0.3 is 0 Å². The second kappa shape index (κ2) is 6.06. The van der Waals surface area contributed by atoms with Crippen LogP contribution in [0.5, 0.6) is 11.5 Å². The molecule has 3 aliphatic rings. The number of ether oxygens (including phenoxy) is 3. The van der Waals surface area contributed by atoms with Crippen LogP contribution in [0.1, 0.15) is 41.6 Å². The van der Waals surface area contributed by atoms with E-state index in [4.69, 9.17) is 14.2 Å². The molecule has 1 spiro atoms. The normalized spacial score (nSPS) is 27.8. The number of hydrogen-bond acceptors (Lipinski definition) is 4. The first-order valence-corrected chi connectivity index (χ1v) is 8.92. The van der Waals surface area contributed by atoms with Gasteiger partial charge in [0.15, 0.2) is 11.5 Å². The Bertz CT molecular complexity index is 741. The Labute approximate surface area is 148 Å². The number of rotatable bonds is 3. The molecule has 0 aromatic heterocycles. The van der Waals surface area contributed by atoms with E-state index in [1.165, 1.54) is 5.57 Å². The molecule has 1 saturated heterocycles. The van der Waals surface area contributed by atoms with Gasteiger partial charge in [-0.25, -0.2) is 0 Å². The SMILES string of the molecule is COc1cc2c(cc1OC)C(=O)N1CCCC3=CC[C@H](OC)C[C@]31C2. The molecule has 2 aliphatic heterocycles. The summed E-state index contributed by atoms with van der Waals surface area (Å²) in [5.41, 5.74) is 2.95. The summed E-state index contributed by atoms with van der Waals surface area (Å²) in [6, 6.07) is 3.80. The van der Waals surface area contributed by atoms with E-state index in [2.05, 4.69) is 11.0 Å². The smallest absolute Gasteiger partial charge is 0.255 e. The van der Waals surface area contributed by atoms with Crippen LogP contribution in [0.3, 0.4) is 0 Å². The maximum absolute atomic E-state index is 13.3. The van der Waals surface area contributed by atoms with Gasteiger partial charge in [-0.15, -0.1) is 0 Å². The van der Waals surface area contributed by atoms with Gasteiger partial charge in [0.1, 0.15) is 0 Å². The Kier molecular flexibility index (Phi) is 3.99. The van der Waals surface area contributed by atoms with Gasteiger partial charge in [0.05, 0.1) is 25.9 Å². The highest BCUT2D eigenvalue weighted by atomic mass is 16.5. The zero-order chi connectivity index (χ0) is 17.6. The summed E-state index contributed by atoms with van der Waals surface area (Å²) in [6.45, 7) is 0.806. The lowest BCUT2D eigenvalue weighted by molar-refractivity contribution is 0.00468. The lowest BCUT2D eigenvalue weighted by Crippen LogP contribution is -2.62. The minimum Gasteiger partial charge on any atom is -0.493 e. The third-order valence-corrected chi connectivity index (χ3v) is 6.04. The fourth-order valence-electron chi connectivity index (χ4n) is 4.80. The van der Waals surface area contributed by atoms with Gasteiger partial charge in [-0.2, -0.15) is 0 Å². The minimum absolute atomic E-state index is 0.101. The zero-order valence-electron chi connectivity index (χ0n) is 15.1. The van der Waals surface area contributed by atoms with Crippen molar-refractivity contribution in [3.63, 3.8) is 0 Å². The van der Waals surface area contributed by atoms with Crippen molar-refractivity contribution < 1.29 is 19.0 Å². The first-order chi connectivity index (χ1) is 12.1. The number of carbonyl (C=O) groups is 1. The van der Waals surface area contributed by atoms with Crippen LogP contribution in [0.4, 0.5) is 0 Å². The summed E-state index contributed by atoms with van der Waals surface area (Å²) in [5, 5.41) is 0. The van der Waals surface area contributed by atoms with E-state index in [0.29, 0.717) is 11.5 Å². The van der Waals surface area contributed by atoms with Crippen molar-refractivity contribution in [1.29, 1.82) is 0 Å². The molecule has 0 bridgehead atoms. The van der Waals surface area contributed by atoms with Crippen molar-refractivity contribution >= 4 is 5.91 Å². The summed E-state index contributed by atoms with van der Waals surface area (Å²) in [5.74, 6) is 1.39. The standard InChI is InChI=1S/C20H25NO4/c1-23-15-7-6-14-5-4-8-21-19(22)16-10-18(25-3)17(24-2)9-13(16)11-20(14,21)12-15/h6,9-10,15H,4-5,7-8,11-12H2,1-3H3/t15-,20+/m0/s1. The number of nitrogens with zero attached hydrogens (tertiary/aromatic N) is 1. The number of benzene rings is 1. The first-order valence-electron chi connectivity index (χ1n) is 8.92. The Hall–Kier alpha value is -2.01. The average Bonchev–Trinajstić information content (AvgIpc) is 2.65. The molecule has 1 amide bonds. The van der Waals surface area contributed by atoms with E-state index in [1.807, 2.05) is 12.1 Å². The fraction of sp³-hybridized carbons (Fsp3) is 0.550. The van der Waals surface area contributed by atoms with E-state index in [0.717, 1.165) is 49.8 Å². The molecule has 134 valence electrons. The molecule has 1 fully saturated rings. The molecular formula is C20H25NO4. The highest BCUT2D eigenvalue weighted by Crippen LogP contribution is 2.48. The Morgan fingerprint density at radius 2 is 1.92 bits per heavy atom. The summed E-state index contributed by atoms with van der Waals surface area (Å²) in [7, 11) is 5.00. The summed E-state index contributed by atoms with van der Waals surface area (Å²) in [6.07, 6.45) is 7.20. The lowest BCUT2D eigenvalue weighted by atomic mass is 9.67. The van der Waals surface area contributed by atoms with Crippen LogP contribution in [0.15, 0.2) is 23.8 Å². The predicted octanol–water partition coefficient (Wildman–Crippen LogP) is 2.97. The molecule has 0 N–H and O–H groups in total. The Morgan fingerprint density at radius 3 is 2.64 bits per heavy atom. The van der Waals surface area contributed by atoms with Gasteiger partial charge in [0.25, 0.3) is 5.91 Å². The molecule has 2 atom stereocenters. The first kappa shape index (κ1) is 16.5. The number of hydrogen-bond donors (Lipinski definition) is 0. The van der Waals surface area contributed by atoms with E-state index in [1.54, 1.807) is 21.3 Å². The van der Waals surface area contributed by atoms with Crippen molar-refractivity contribution in [1.82, 2.24) is 4.90 Å². The third-order valence-electron chi connectivity index (χ3n) is 6.04. The molecule has 0 saturated carbocycles. The van der Waals surface area contributed by atoms with Gasteiger partial charge in [0.2, 0.25) is 0 Å². The molecule has 0 unspecified atom stereocenters. The van der Waals surface area contributed by atoms with Crippen LogP contribution in [0.2, 0.25) is 0 Å². The number of amides is 1. The largest absolute Gasteiger partial charge is 0.493 e. The average molecular weight is 343 g/mol. The van der Waals surface area contributed by atoms with Crippen LogP contribution in [-0.4, -0.2) is 50.3 Å². The minimum atomic E-state index is -0.235. The maximum Gasteiger partial charge on any atom is 0.255 e. The van der Waals surface area contributed by atoms with Crippen LogP contribution in [0, 0.1) is 0 Å². The number of fused-ring (bicyclic) bond motifs is 1. The Balaban J connectivity index is 1.85. The van der Waals surface area contributed by atoms with Gasteiger partial charge in [0, 0.05) is 32.1 Å².